The van der Waals surface area contributed by atoms with Crippen LogP contribution in [-0.2, 0) is 13.0 Å². The van der Waals surface area contributed by atoms with Crippen molar-refractivity contribution in [3.05, 3.63) is 29.3 Å². The van der Waals surface area contributed by atoms with Gasteiger partial charge in [0.1, 0.15) is 0 Å². The van der Waals surface area contributed by atoms with Crippen LogP contribution in [0.15, 0.2) is 18.2 Å². The Bertz CT molecular complexity index is 385. The van der Waals surface area contributed by atoms with Gasteiger partial charge >= 0.3 is 0 Å². The van der Waals surface area contributed by atoms with Gasteiger partial charge in [-0.05, 0) is 23.6 Å². The van der Waals surface area contributed by atoms with E-state index in [2.05, 4.69) is 0 Å². The van der Waals surface area contributed by atoms with Gasteiger partial charge in [-0.25, -0.2) is 8.78 Å². The summed E-state index contributed by atoms with van der Waals surface area (Å²) in [5.41, 5.74) is 8.83. The predicted molar refractivity (Wildman–Crippen MR) is 60.5 cm³/mol. The third-order valence-electron chi connectivity index (χ3n) is 2.88. The van der Waals surface area contributed by atoms with E-state index in [9.17, 15) is 8.78 Å². The Hall–Kier alpha value is -1.16. The number of hydrogen-bond donors (Lipinski definition) is 1. The smallest absolute Gasteiger partial charge is 0.257 e. The van der Waals surface area contributed by atoms with Gasteiger partial charge in [0.25, 0.3) is 5.92 Å². The van der Waals surface area contributed by atoms with E-state index in [4.69, 9.17) is 5.73 Å². The van der Waals surface area contributed by atoms with Crippen molar-refractivity contribution < 1.29 is 8.78 Å². The van der Waals surface area contributed by atoms with Crippen molar-refractivity contribution >= 4 is 5.69 Å². The molecule has 0 aromatic heterocycles. The number of nitrogens with two attached hydrogens (primary N) is 1. The van der Waals surface area contributed by atoms with E-state index < -0.39 is 5.92 Å². The molecule has 0 fully saturated rings. The second-order valence-electron chi connectivity index (χ2n) is 4.52. The Morgan fingerprint density at radius 1 is 1.44 bits per heavy atom. The van der Waals surface area contributed by atoms with Crippen LogP contribution in [0.25, 0.3) is 0 Å². The van der Waals surface area contributed by atoms with Gasteiger partial charge in [0, 0.05) is 25.7 Å². The van der Waals surface area contributed by atoms with Crippen LogP contribution in [-0.4, -0.2) is 23.9 Å². The van der Waals surface area contributed by atoms with E-state index in [1.54, 1.807) is 4.90 Å². The Morgan fingerprint density at radius 3 is 2.88 bits per heavy atom. The normalized spacial score (nSPS) is 17.2. The first kappa shape index (κ1) is 11.3. The molecule has 2 nitrogen and oxygen atoms in total. The van der Waals surface area contributed by atoms with Crippen molar-refractivity contribution in [1.82, 2.24) is 4.90 Å². The maximum absolute atomic E-state index is 12.9. The van der Waals surface area contributed by atoms with Gasteiger partial charge in [-0.15, -0.1) is 0 Å². The molecule has 2 rings (SSSR count). The van der Waals surface area contributed by atoms with Crippen LogP contribution in [0.3, 0.4) is 0 Å². The average Bonchev–Trinajstić information content (AvgIpc) is 2.15. The lowest BCUT2D eigenvalue weighted by Crippen LogP contribution is -2.38. The van der Waals surface area contributed by atoms with Crippen LogP contribution in [0.4, 0.5) is 14.5 Å². The molecular weight excluding hydrogens is 210 g/mol. The minimum atomic E-state index is -2.63. The molecule has 0 unspecified atom stereocenters. The molecule has 0 atom stereocenters. The van der Waals surface area contributed by atoms with Crippen LogP contribution in [0.5, 0.6) is 0 Å². The molecule has 0 bridgehead atoms. The molecule has 1 heterocycles. The van der Waals surface area contributed by atoms with Gasteiger partial charge < -0.3 is 5.73 Å². The summed E-state index contributed by atoms with van der Waals surface area (Å²) in [6.45, 7) is 2.01. The van der Waals surface area contributed by atoms with Crippen molar-refractivity contribution in [2.24, 2.45) is 0 Å². The molecule has 1 aliphatic rings. The molecule has 0 spiro atoms. The lowest BCUT2D eigenvalue weighted by Gasteiger charge is -2.31. The maximum Gasteiger partial charge on any atom is 0.257 e. The van der Waals surface area contributed by atoms with Crippen molar-refractivity contribution in [1.29, 1.82) is 0 Å². The topological polar surface area (TPSA) is 29.3 Å². The van der Waals surface area contributed by atoms with Crippen molar-refractivity contribution in [2.75, 3.05) is 18.8 Å². The summed E-state index contributed by atoms with van der Waals surface area (Å²) in [6.07, 6.45) is 0.762. The first-order chi connectivity index (χ1) is 7.46. The SMILES string of the molecule is CC(F)(F)CN1CCc2c(N)cccc2C1. The summed E-state index contributed by atoms with van der Waals surface area (Å²) in [6, 6.07) is 5.70. The lowest BCUT2D eigenvalue weighted by atomic mass is 9.98. The van der Waals surface area contributed by atoms with Crippen LogP contribution in [0.1, 0.15) is 18.1 Å². The third kappa shape index (κ3) is 2.50. The molecule has 0 aliphatic carbocycles. The Morgan fingerprint density at radius 2 is 2.19 bits per heavy atom. The highest BCUT2D eigenvalue weighted by atomic mass is 19.3. The summed E-state index contributed by atoms with van der Waals surface area (Å²) in [7, 11) is 0. The Labute approximate surface area is 94.0 Å². The van der Waals surface area contributed by atoms with Gasteiger partial charge in [-0.3, -0.25) is 4.90 Å². The molecule has 88 valence electrons. The minimum absolute atomic E-state index is 0.179. The third-order valence-corrected chi connectivity index (χ3v) is 2.88. The summed E-state index contributed by atoms with van der Waals surface area (Å²) >= 11 is 0. The van der Waals surface area contributed by atoms with Crippen LogP contribution in [0, 0.1) is 0 Å². The van der Waals surface area contributed by atoms with Gasteiger partial charge in [0.2, 0.25) is 0 Å². The molecule has 4 heteroatoms. The quantitative estimate of drug-likeness (QED) is 0.784. The largest absolute Gasteiger partial charge is 0.398 e. The lowest BCUT2D eigenvalue weighted by molar-refractivity contribution is -0.0178. The van der Waals surface area contributed by atoms with E-state index in [1.807, 2.05) is 18.2 Å². The van der Waals surface area contributed by atoms with Crippen molar-refractivity contribution in [3.63, 3.8) is 0 Å². The highest BCUT2D eigenvalue weighted by molar-refractivity contribution is 5.51. The Kier molecular flexibility index (Phi) is 2.84. The fourth-order valence-corrected chi connectivity index (χ4v) is 2.23. The number of halogens is 2. The summed E-state index contributed by atoms with van der Waals surface area (Å²) in [5.74, 6) is -2.63. The fourth-order valence-electron chi connectivity index (χ4n) is 2.23. The first-order valence-electron chi connectivity index (χ1n) is 5.42. The van der Waals surface area contributed by atoms with E-state index in [0.29, 0.717) is 13.1 Å². The standard InChI is InChI=1S/C12H16F2N2/c1-12(13,14)8-16-6-5-10-9(7-16)3-2-4-11(10)15/h2-4H,5-8,15H2,1H3. The molecule has 0 saturated carbocycles. The second kappa shape index (κ2) is 4.01. The van der Waals surface area contributed by atoms with Gasteiger partial charge in [0.15, 0.2) is 0 Å². The highest BCUT2D eigenvalue weighted by Crippen LogP contribution is 2.25. The number of fused-ring (bicyclic) bond motifs is 1. The maximum atomic E-state index is 12.9. The summed E-state index contributed by atoms with van der Waals surface area (Å²) < 4.78 is 25.8. The van der Waals surface area contributed by atoms with Crippen LogP contribution in [0.2, 0.25) is 0 Å². The number of alkyl halides is 2. The Balaban J connectivity index is 2.12. The van der Waals surface area contributed by atoms with Crippen molar-refractivity contribution in [2.45, 2.75) is 25.8 Å². The molecule has 1 aliphatic heterocycles. The zero-order valence-electron chi connectivity index (χ0n) is 9.34. The van der Waals surface area contributed by atoms with Crippen molar-refractivity contribution in [3.8, 4) is 0 Å². The molecule has 0 saturated heterocycles. The van der Waals surface area contributed by atoms with Gasteiger partial charge in [0.05, 0.1) is 6.54 Å². The molecular formula is C12H16F2N2. The monoisotopic (exact) mass is 226 g/mol. The van der Waals surface area contributed by atoms with Crippen LogP contribution < -0.4 is 5.73 Å². The minimum Gasteiger partial charge on any atom is -0.398 e. The molecule has 1 aromatic carbocycles. The summed E-state index contributed by atoms with van der Waals surface area (Å²) in [5, 5.41) is 0. The summed E-state index contributed by atoms with van der Waals surface area (Å²) in [4.78, 5) is 1.78. The zero-order chi connectivity index (χ0) is 11.8. The fraction of sp³-hybridized carbons (Fsp3) is 0.500. The number of nitrogens with zero attached hydrogens (tertiary/aromatic N) is 1. The van der Waals surface area contributed by atoms with Gasteiger partial charge in [-0.2, -0.15) is 0 Å². The van der Waals surface area contributed by atoms with Crippen LogP contribution >= 0.6 is 0 Å². The van der Waals surface area contributed by atoms with Gasteiger partial charge in [-0.1, -0.05) is 12.1 Å². The average molecular weight is 226 g/mol. The molecule has 0 radical (unpaired) electrons. The molecule has 1 aromatic rings. The molecule has 0 amide bonds. The number of hydrogen-bond acceptors (Lipinski definition) is 2. The van der Waals surface area contributed by atoms with E-state index in [1.165, 1.54) is 0 Å². The number of anilines is 1. The molecule has 16 heavy (non-hydrogen) atoms. The van der Waals surface area contributed by atoms with E-state index in [-0.39, 0.29) is 6.54 Å². The van der Waals surface area contributed by atoms with E-state index >= 15 is 0 Å². The zero-order valence-corrected chi connectivity index (χ0v) is 9.34. The number of rotatable bonds is 2. The second-order valence-corrected chi connectivity index (χ2v) is 4.52. The number of nitrogen functional groups attached to an aromatic ring is 1. The number of benzene rings is 1. The highest BCUT2D eigenvalue weighted by Gasteiger charge is 2.27. The predicted octanol–water partition coefficient (Wildman–Crippen LogP) is 2.28. The first-order valence-corrected chi connectivity index (χ1v) is 5.42. The van der Waals surface area contributed by atoms with E-state index in [0.717, 1.165) is 30.2 Å². The molecule has 2 N–H and O–H groups in total.